The number of carbonyl (C=O) groups excluding carboxylic acids is 1. The van der Waals surface area contributed by atoms with Crippen LogP contribution in [0.15, 0.2) is 48.6 Å². The first-order valence-corrected chi connectivity index (χ1v) is 25.4. The summed E-state index contributed by atoms with van der Waals surface area (Å²) in [5, 5.41) is 23.1. The van der Waals surface area contributed by atoms with Crippen molar-refractivity contribution in [3.05, 3.63) is 48.6 Å². The topological polar surface area (TPSA) is 69.6 Å². The molecule has 334 valence electrons. The third-order valence-electron chi connectivity index (χ3n) is 11.6. The van der Waals surface area contributed by atoms with Gasteiger partial charge in [0.2, 0.25) is 5.91 Å². The molecule has 0 heterocycles. The molecule has 0 radical (unpaired) electrons. The second-order valence-corrected chi connectivity index (χ2v) is 17.2. The molecule has 4 heteroatoms. The van der Waals surface area contributed by atoms with Gasteiger partial charge in [0.05, 0.1) is 18.8 Å². The number of allylic oxidation sites excluding steroid dienone is 7. The zero-order valence-electron chi connectivity index (χ0n) is 38.4. The highest BCUT2D eigenvalue weighted by atomic mass is 16.3. The maximum Gasteiger partial charge on any atom is 0.220 e. The van der Waals surface area contributed by atoms with Crippen LogP contribution in [0.1, 0.15) is 264 Å². The minimum absolute atomic E-state index is 0.0802. The third kappa shape index (κ3) is 45.3. The molecule has 0 bridgehead atoms. The maximum absolute atomic E-state index is 12.4. The number of nitrogens with one attached hydrogen (secondary N) is 1. The minimum atomic E-state index is -0.848. The molecule has 0 aliphatic carbocycles. The van der Waals surface area contributed by atoms with Crippen molar-refractivity contribution in [1.29, 1.82) is 0 Å². The Hall–Kier alpha value is -1.65. The summed E-state index contributed by atoms with van der Waals surface area (Å²) in [7, 11) is 0. The van der Waals surface area contributed by atoms with Gasteiger partial charge in [0.25, 0.3) is 0 Å². The Morgan fingerprint density at radius 2 is 0.772 bits per heavy atom. The molecule has 0 fully saturated rings. The number of hydrogen-bond donors (Lipinski definition) is 3. The Labute approximate surface area is 356 Å². The number of rotatable bonds is 46. The van der Waals surface area contributed by atoms with Crippen molar-refractivity contribution < 1.29 is 15.0 Å². The Morgan fingerprint density at radius 3 is 1.16 bits per heavy atom. The van der Waals surface area contributed by atoms with E-state index < -0.39 is 12.1 Å². The predicted octanol–water partition coefficient (Wildman–Crippen LogP) is 16.3. The molecule has 0 rings (SSSR count). The molecular weight excluding hydrogens is 699 g/mol. The van der Waals surface area contributed by atoms with Gasteiger partial charge in [-0.2, -0.15) is 0 Å². The molecule has 0 aromatic heterocycles. The third-order valence-corrected chi connectivity index (χ3v) is 11.6. The number of hydrogen-bond acceptors (Lipinski definition) is 3. The quantitative estimate of drug-likeness (QED) is 0.0424. The van der Waals surface area contributed by atoms with Gasteiger partial charge in [0.15, 0.2) is 0 Å². The van der Waals surface area contributed by atoms with E-state index in [0.717, 1.165) is 57.8 Å². The van der Waals surface area contributed by atoms with Crippen LogP contribution in [0.2, 0.25) is 0 Å². The van der Waals surface area contributed by atoms with E-state index in [1.165, 1.54) is 186 Å². The normalized spacial score (nSPS) is 13.3. The van der Waals surface area contributed by atoms with Crippen molar-refractivity contribution in [2.75, 3.05) is 6.61 Å². The summed E-state index contributed by atoms with van der Waals surface area (Å²) in [4.78, 5) is 12.4. The highest BCUT2D eigenvalue weighted by Crippen LogP contribution is 2.17. The fraction of sp³-hybridized carbons (Fsp3) is 0.830. The first kappa shape index (κ1) is 55.4. The molecule has 0 aromatic carbocycles. The molecule has 0 spiro atoms. The molecule has 1 amide bonds. The molecule has 4 nitrogen and oxygen atoms in total. The van der Waals surface area contributed by atoms with Crippen LogP contribution in [-0.4, -0.2) is 34.9 Å². The number of aliphatic hydroxyl groups excluding tert-OH is 2. The molecule has 0 aliphatic heterocycles. The second kappa shape index (κ2) is 48.7. The minimum Gasteiger partial charge on any atom is -0.394 e. The summed E-state index contributed by atoms with van der Waals surface area (Å²) in [5.74, 6) is -0.0802. The van der Waals surface area contributed by atoms with Crippen molar-refractivity contribution in [2.24, 2.45) is 0 Å². The molecule has 2 unspecified atom stereocenters. The van der Waals surface area contributed by atoms with E-state index in [1.54, 1.807) is 6.08 Å². The fourth-order valence-electron chi connectivity index (χ4n) is 7.72. The summed E-state index contributed by atoms with van der Waals surface area (Å²) >= 11 is 0. The highest BCUT2D eigenvalue weighted by molar-refractivity contribution is 5.76. The Morgan fingerprint density at radius 1 is 0.439 bits per heavy atom. The van der Waals surface area contributed by atoms with Crippen LogP contribution in [0.25, 0.3) is 0 Å². The smallest absolute Gasteiger partial charge is 0.220 e. The van der Waals surface area contributed by atoms with Gasteiger partial charge in [0.1, 0.15) is 0 Å². The first-order chi connectivity index (χ1) is 28.2. The Bertz CT molecular complexity index is 908. The van der Waals surface area contributed by atoms with E-state index >= 15 is 0 Å². The van der Waals surface area contributed by atoms with Crippen LogP contribution in [0.3, 0.4) is 0 Å². The summed E-state index contributed by atoms with van der Waals surface area (Å²) in [6, 6.07) is -0.633. The van der Waals surface area contributed by atoms with E-state index in [2.05, 4.69) is 55.6 Å². The SMILES string of the molecule is CC/C=C\C/C=C\C/C=C\CCCCCCCC(=O)NC(CO)C(O)/C=C/CCCCCCCCCCCCCCCCCCCCCCCCCCCCCC. The van der Waals surface area contributed by atoms with Gasteiger partial charge < -0.3 is 15.5 Å². The van der Waals surface area contributed by atoms with Crippen LogP contribution >= 0.6 is 0 Å². The summed E-state index contributed by atoms with van der Waals surface area (Å²) < 4.78 is 0. The van der Waals surface area contributed by atoms with Crippen LogP contribution in [-0.2, 0) is 4.79 Å². The highest BCUT2D eigenvalue weighted by Gasteiger charge is 2.18. The lowest BCUT2D eigenvalue weighted by Crippen LogP contribution is -2.45. The number of aliphatic hydroxyl groups is 2. The van der Waals surface area contributed by atoms with Gasteiger partial charge in [-0.1, -0.05) is 255 Å². The van der Waals surface area contributed by atoms with E-state index in [-0.39, 0.29) is 12.5 Å². The summed E-state index contributed by atoms with van der Waals surface area (Å²) in [5.41, 5.74) is 0. The monoisotopic (exact) mass is 798 g/mol. The molecular formula is C53H99NO3. The van der Waals surface area contributed by atoms with Crippen LogP contribution in [0.5, 0.6) is 0 Å². The Kier molecular flexibility index (Phi) is 47.3. The molecule has 0 aliphatic rings. The molecule has 0 saturated carbocycles. The van der Waals surface area contributed by atoms with Crippen LogP contribution < -0.4 is 5.32 Å². The van der Waals surface area contributed by atoms with Gasteiger partial charge in [0, 0.05) is 6.42 Å². The Balaban J connectivity index is 3.48. The van der Waals surface area contributed by atoms with E-state index in [0.29, 0.717) is 6.42 Å². The lowest BCUT2D eigenvalue weighted by molar-refractivity contribution is -0.123. The van der Waals surface area contributed by atoms with Crippen molar-refractivity contribution in [3.8, 4) is 0 Å². The fourth-order valence-corrected chi connectivity index (χ4v) is 7.72. The van der Waals surface area contributed by atoms with Crippen molar-refractivity contribution in [3.63, 3.8) is 0 Å². The molecule has 57 heavy (non-hydrogen) atoms. The molecule has 3 N–H and O–H groups in total. The van der Waals surface area contributed by atoms with E-state index in [4.69, 9.17) is 0 Å². The zero-order chi connectivity index (χ0) is 41.4. The molecule has 0 saturated heterocycles. The number of unbranched alkanes of at least 4 members (excludes halogenated alkanes) is 33. The van der Waals surface area contributed by atoms with Crippen molar-refractivity contribution in [1.82, 2.24) is 5.32 Å². The lowest BCUT2D eigenvalue weighted by atomic mass is 10.0. The molecule has 2 atom stereocenters. The van der Waals surface area contributed by atoms with Gasteiger partial charge in [-0.15, -0.1) is 0 Å². The van der Waals surface area contributed by atoms with Crippen LogP contribution in [0.4, 0.5) is 0 Å². The van der Waals surface area contributed by atoms with E-state index in [1.807, 2.05) is 6.08 Å². The first-order valence-electron chi connectivity index (χ1n) is 25.4. The molecule has 0 aromatic rings. The second-order valence-electron chi connectivity index (χ2n) is 17.2. The average Bonchev–Trinajstić information content (AvgIpc) is 3.22. The zero-order valence-corrected chi connectivity index (χ0v) is 38.4. The van der Waals surface area contributed by atoms with Crippen LogP contribution in [0, 0.1) is 0 Å². The summed E-state index contributed by atoms with van der Waals surface area (Å²) in [6.07, 6.45) is 66.9. The lowest BCUT2D eigenvalue weighted by Gasteiger charge is -2.20. The standard InChI is InChI=1S/C53H99NO3/c1-3-5-7-9-11-13-15-17-19-20-21-22-23-24-25-26-27-28-29-30-31-32-33-35-36-38-40-42-44-46-48-52(56)51(50-55)54-53(57)49-47-45-43-41-39-37-34-18-16-14-12-10-8-6-4-2/h6,8,12,14,18,34,46,48,51-52,55-56H,3-5,7,9-11,13,15-17,19-33,35-45,47,49-50H2,1-2H3,(H,54,57)/b8-6-,14-12-,34-18-,48-46+. The van der Waals surface area contributed by atoms with Gasteiger partial charge >= 0.3 is 0 Å². The van der Waals surface area contributed by atoms with Crippen molar-refractivity contribution in [2.45, 2.75) is 276 Å². The van der Waals surface area contributed by atoms with Gasteiger partial charge in [-0.25, -0.2) is 0 Å². The predicted molar refractivity (Wildman–Crippen MR) is 253 cm³/mol. The van der Waals surface area contributed by atoms with Gasteiger partial charge in [-0.05, 0) is 51.4 Å². The maximum atomic E-state index is 12.4. The number of amides is 1. The average molecular weight is 798 g/mol. The largest absolute Gasteiger partial charge is 0.394 e. The summed E-state index contributed by atoms with van der Waals surface area (Å²) in [6.45, 7) is 4.20. The number of carbonyl (C=O) groups is 1. The van der Waals surface area contributed by atoms with Gasteiger partial charge in [-0.3, -0.25) is 4.79 Å². The van der Waals surface area contributed by atoms with E-state index in [9.17, 15) is 15.0 Å². The van der Waals surface area contributed by atoms with Crippen molar-refractivity contribution >= 4 is 5.91 Å².